The molecule has 1 aromatic carbocycles. The molecule has 0 fully saturated rings. The van der Waals surface area contributed by atoms with E-state index in [1.165, 1.54) is 16.9 Å². The lowest BCUT2D eigenvalue weighted by atomic mass is 10.3. The molecule has 19 heavy (non-hydrogen) atoms. The van der Waals surface area contributed by atoms with Crippen LogP contribution in [0.2, 0.25) is 10.0 Å². The maximum absolute atomic E-state index is 12.1. The number of aromatic nitrogens is 2. The Hall–Kier alpha value is -1.60. The third-order valence-electron chi connectivity index (χ3n) is 2.11. The van der Waals surface area contributed by atoms with Crippen LogP contribution in [0.4, 0.5) is 19.0 Å². The molecule has 0 atom stereocenters. The molecule has 0 aliphatic carbocycles. The second kappa shape index (κ2) is 4.82. The van der Waals surface area contributed by atoms with E-state index in [4.69, 9.17) is 28.9 Å². The number of alkyl halides is 3. The van der Waals surface area contributed by atoms with Gasteiger partial charge in [-0.25, -0.2) is 4.68 Å². The van der Waals surface area contributed by atoms with Crippen molar-refractivity contribution in [1.29, 1.82) is 0 Å². The SMILES string of the molecule is Nc1ccnn1-c1c(Cl)cc(OC(F)(F)F)cc1Cl. The average Bonchev–Trinajstić information content (AvgIpc) is 2.61. The highest BCUT2D eigenvalue weighted by atomic mass is 35.5. The van der Waals surface area contributed by atoms with Crippen LogP contribution < -0.4 is 10.5 Å². The highest BCUT2D eigenvalue weighted by molar-refractivity contribution is 6.38. The number of nitrogen functional groups attached to an aromatic ring is 1. The Morgan fingerprint density at radius 2 is 1.79 bits per heavy atom. The Morgan fingerprint density at radius 3 is 2.21 bits per heavy atom. The Balaban J connectivity index is 2.47. The third kappa shape index (κ3) is 3.05. The summed E-state index contributed by atoms with van der Waals surface area (Å²) in [5.41, 5.74) is 5.80. The normalized spacial score (nSPS) is 11.6. The molecule has 0 saturated heterocycles. The average molecular weight is 312 g/mol. The molecule has 102 valence electrons. The molecule has 1 heterocycles. The number of nitrogens with zero attached hydrogens (tertiary/aromatic N) is 2. The summed E-state index contributed by atoms with van der Waals surface area (Å²) in [7, 11) is 0. The zero-order valence-electron chi connectivity index (χ0n) is 9.08. The van der Waals surface area contributed by atoms with Gasteiger partial charge in [-0.1, -0.05) is 23.2 Å². The highest BCUT2D eigenvalue weighted by Crippen LogP contribution is 2.35. The zero-order valence-corrected chi connectivity index (χ0v) is 10.6. The lowest BCUT2D eigenvalue weighted by Crippen LogP contribution is -2.17. The van der Waals surface area contributed by atoms with Crippen LogP contribution >= 0.6 is 23.2 Å². The molecule has 2 N–H and O–H groups in total. The van der Waals surface area contributed by atoms with E-state index in [-0.39, 0.29) is 21.6 Å². The maximum atomic E-state index is 12.1. The van der Waals surface area contributed by atoms with E-state index in [0.717, 1.165) is 12.1 Å². The van der Waals surface area contributed by atoms with E-state index in [2.05, 4.69) is 9.84 Å². The summed E-state index contributed by atoms with van der Waals surface area (Å²) in [4.78, 5) is 0. The van der Waals surface area contributed by atoms with Crippen molar-refractivity contribution in [3.05, 3.63) is 34.4 Å². The van der Waals surface area contributed by atoms with Gasteiger partial charge >= 0.3 is 6.36 Å². The minimum Gasteiger partial charge on any atom is -0.406 e. The smallest absolute Gasteiger partial charge is 0.406 e. The van der Waals surface area contributed by atoms with E-state index < -0.39 is 12.1 Å². The molecule has 4 nitrogen and oxygen atoms in total. The number of hydrogen-bond donors (Lipinski definition) is 1. The standard InChI is InChI=1S/C10H6Cl2F3N3O/c11-6-3-5(19-10(13,14)15)4-7(12)9(6)18-8(16)1-2-17-18/h1-4H,16H2. The fraction of sp³-hybridized carbons (Fsp3) is 0.100. The number of nitrogens with two attached hydrogens (primary N) is 1. The molecule has 0 bridgehead atoms. The number of rotatable bonds is 2. The largest absolute Gasteiger partial charge is 0.573 e. The molecule has 2 aromatic rings. The van der Waals surface area contributed by atoms with Crippen LogP contribution in [0.1, 0.15) is 0 Å². The number of halogens is 5. The van der Waals surface area contributed by atoms with Crippen LogP contribution in [-0.4, -0.2) is 16.1 Å². The molecular weight excluding hydrogens is 306 g/mol. The first-order valence-electron chi connectivity index (χ1n) is 4.82. The van der Waals surface area contributed by atoms with Crippen molar-refractivity contribution in [2.45, 2.75) is 6.36 Å². The van der Waals surface area contributed by atoms with Crippen LogP contribution in [-0.2, 0) is 0 Å². The van der Waals surface area contributed by atoms with Gasteiger partial charge in [0.05, 0.1) is 16.2 Å². The molecule has 0 amide bonds. The van der Waals surface area contributed by atoms with Crippen molar-refractivity contribution in [3.63, 3.8) is 0 Å². The Labute approximate surface area is 115 Å². The van der Waals surface area contributed by atoms with Crippen molar-refractivity contribution in [2.24, 2.45) is 0 Å². The predicted octanol–water partition coefficient (Wildman–Crippen LogP) is 3.66. The fourth-order valence-corrected chi connectivity index (χ4v) is 2.06. The van der Waals surface area contributed by atoms with Crippen LogP contribution in [0.3, 0.4) is 0 Å². The lowest BCUT2D eigenvalue weighted by Gasteiger charge is -2.13. The predicted molar refractivity (Wildman–Crippen MR) is 64.7 cm³/mol. The Kier molecular flexibility index (Phi) is 3.51. The van der Waals surface area contributed by atoms with Crippen LogP contribution in [0.15, 0.2) is 24.4 Å². The molecule has 0 unspecified atom stereocenters. The molecule has 0 aliphatic rings. The zero-order chi connectivity index (χ0) is 14.2. The summed E-state index contributed by atoms with van der Waals surface area (Å²) in [5.74, 6) is -0.273. The first kappa shape index (κ1) is 13.8. The summed E-state index contributed by atoms with van der Waals surface area (Å²) in [6.07, 6.45) is -3.42. The van der Waals surface area contributed by atoms with Gasteiger partial charge in [0.15, 0.2) is 0 Å². The molecule has 0 spiro atoms. The molecule has 9 heteroatoms. The highest BCUT2D eigenvalue weighted by Gasteiger charge is 2.31. The van der Waals surface area contributed by atoms with Crippen molar-refractivity contribution < 1.29 is 17.9 Å². The van der Waals surface area contributed by atoms with Crippen molar-refractivity contribution in [2.75, 3.05) is 5.73 Å². The van der Waals surface area contributed by atoms with Gasteiger partial charge in [0.25, 0.3) is 0 Å². The van der Waals surface area contributed by atoms with Gasteiger partial charge < -0.3 is 10.5 Å². The van der Waals surface area contributed by atoms with Crippen LogP contribution in [0.25, 0.3) is 5.69 Å². The summed E-state index contributed by atoms with van der Waals surface area (Å²) in [5, 5.41) is 3.74. The third-order valence-corrected chi connectivity index (χ3v) is 2.68. The number of hydrogen-bond acceptors (Lipinski definition) is 3. The summed E-state index contributed by atoms with van der Waals surface area (Å²) in [6, 6.07) is 3.46. The first-order chi connectivity index (χ1) is 8.78. The van der Waals surface area contributed by atoms with Gasteiger partial charge in [0.2, 0.25) is 0 Å². The summed E-state index contributed by atoms with van der Waals surface area (Å²) in [6.45, 7) is 0. The fourth-order valence-electron chi connectivity index (χ4n) is 1.44. The van der Waals surface area contributed by atoms with Crippen molar-refractivity contribution in [1.82, 2.24) is 9.78 Å². The molecule has 0 radical (unpaired) electrons. The Morgan fingerprint density at radius 1 is 1.21 bits per heavy atom. The minimum atomic E-state index is -4.82. The monoisotopic (exact) mass is 311 g/mol. The topological polar surface area (TPSA) is 53.1 Å². The lowest BCUT2D eigenvalue weighted by molar-refractivity contribution is -0.274. The second-order valence-corrected chi connectivity index (χ2v) is 4.27. The molecular formula is C10H6Cl2F3N3O. The van der Waals surface area contributed by atoms with E-state index >= 15 is 0 Å². The number of ether oxygens (including phenoxy) is 1. The van der Waals surface area contributed by atoms with Crippen LogP contribution in [0, 0.1) is 0 Å². The van der Waals surface area contributed by atoms with Gasteiger partial charge in [0, 0.05) is 18.2 Å². The molecule has 2 rings (SSSR count). The number of anilines is 1. The summed E-state index contributed by atoms with van der Waals surface area (Å²) < 4.78 is 41.2. The van der Waals surface area contributed by atoms with E-state index in [0.29, 0.717) is 0 Å². The summed E-state index contributed by atoms with van der Waals surface area (Å²) >= 11 is 11.8. The van der Waals surface area contributed by atoms with Gasteiger partial charge in [-0.15, -0.1) is 13.2 Å². The van der Waals surface area contributed by atoms with Crippen molar-refractivity contribution in [3.8, 4) is 11.4 Å². The van der Waals surface area contributed by atoms with Gasteiger partial charge in [-0.2, -0.15) is 5.10 Å². The van der Waals surface area contributed by atoms with Crippen molar-refractivity contribution >= 4 is 29.0 Å². The molecule has 0 aliphatic heterocycles. The number of benzene rings is 1. The van der Waals surface area contributed by atoms with E-state index in [9.17, 15) is 13.2 Å². The molecule has 1 aromatic heterocycles. The van der Waals surface area contributed by atoms with Gasteiger partial charge in [-0.05, 0) is 0 Å². The van der Waals surface area contributed by atoms with E-state index in [1.54, 1.807) is 0 Å². The van der Waals surface area contributed by atoms with E-state index in [1.807, 2.05) is 0 Å². The van der Waals surface area contributed by atoms with Crippen LogP contribution in [0.5, 0.6) is 5.75 Å². The molecule has 0 saturated carbocycles. The minimum absolute atomic E-state index is 0.0675. The van der Waals surface area contributed by atoms with Gasteiger partial charge in [-0.3, -0.25) is 0 Å². The maximum Gasteiger partial charge on any atom is 0.573 e. The Bertz CT molecular complexity index is 589. The quantitative estimate of drug-likeness (QED) is 0.921. The first-order valence-corrected chi connectivity index (χ1v) is 5.58. The van der Waals surface area contributed by atoms with Gasteiger partial charge in [0.1, 0.15) is 17.3 Å². The second-order valence-electron chi connectivity index (χ2n) is 3.45.